The summed E-state index contributed by atoms with van der Waals surface area (Å²) in [5.74, 6) is -0.474. The van der Waals surface area contributed by atoms with Gasteiger partial charge in [0.1, 0.15) is 0 Å². The SMILES string of the molecule is Cn1nc([O-])c2ncccc2c1=O. The fourth-order valence-corrected chi connectivity index (χ4v) is 1.15. The smallest absolute Gasteiger partial charge is 0.275 e. The molecule has 0 amide bonds. The number of hydrogen-bond acceptors (Lipinski definition) is 4. The van der Waals surface area contributed by atoms with Crippen molar-refractivity contribution in [1.82, 2.24) is 14.8 Å². The lowest BCUT2D eigenvalue weighted by Crippen LogP contribution is -2.21. The van der Waals surface area contributed by atoms with E-state index >= 15 is 0 Å². The first kappa shape index (κ1) is 7.72. The molecular weight excluding hydrogens is 170 g/mol. The Kier molecular flexibility index (Phi) is 1.51. The summed E-state index contributed by atoms with van der Waals surface area (Å²) in [4.78, 5) is 15.2. The second-order valence-electron chi connectivity index (χ2n) is 2.63. The van der Waals surface area contributed by atoms with Crippen molar-refractivity contribution >= 4 is 10.9 Å². The second-order valence-corrected chi connectivity index (χ2v) is 2.63. The highest BCUT2D eigenvalue weighted by molar-refractivity contribution is 5.80. The van der Waals surface area contributed by atoms with Gasteiger partial charge < -0.3 is 5.11 Å². The Labute approximate surface area is 73.3 Å². The summed E-state index contributed by atoms with van der Waals surface area (Å²) in [6, 6.07) is 3.18. The summed E-state index contributed by atoms with van der Waals surface area (Å²) >= 11 is 0. The van der Waals surface area contributed by atoms with E-state index in [2.05, 4.69) is 10.1 Å². The minimum atomic E-state index is -0.474. The molecule has 2 heterocycles. The van der Waals surface area contributed by atoms with Crippen LogP contribution in [0.25, 0.3) is 10.9 Å². The molecule has 0 N–H and O–H groups in total. The van der Waals surface area contributed by atoms with E-state index in [1.807, 2.05) is 0 Å². The molecular formula is C8H6N3O2-. The molecule has 0 saturated carbocycles. The topological polar surface area (TPSA) is 70.8 Å². The summed E-state index contributed by atoms with van der Waals surface area (Å²) in [7, 11) is 1.44. The molecule has 0 aliphatic rings. The molecule has 13 heavy (non-hydrogen) atoms. The molecule has 0 aliphatic heterocycles. The fraction of sp³-hybridized carbons (Fsp3) is 0.125. The summed E-state index contributed by atoms with van der Waals surface area (Å²) in [5.41, 5.74) is -0.173. The molecule has 5 nitrogen and oxygen atoms in total. The van der Waals surface area contributed by atoms with Gasteiger partial charge in [-0.1, -0.05) is 0 Å². The van der Waals surface area contributed by atoms with Gasteiger partial charge in [-0.3, -0.25) is 9.78 Å². The number of fused-ring (bicyclic) bond motifs is 1. The van der Waals surface area contributed by atoms with Crippen molar-refractivity contribution < 1.29 is 5.11 Å². The zero-order valence-corrected chi connectivity index (χ0v) is 6.89. The summed E-state index contributed by atoms with van der Waals surface area (Å²) in [6.07, 6.45) is 1.46. The first-order valence-electron chi connectivity index (χ1n) is 3.69. The third-order valence-corrected chi connectivity index (χ3v) is 1.78. The van der Waals surface area contributed by atoms with Gasteiger partial charge in [-0.2, -0.15) is 5.10 Å². The Hall–Kier alpha value is -1.91. The first-order valence-corrected chi connectivity index (χ1v) is 3.69. The molecule has 0 unspecified atom stereocenters. The molecule has 0 bridgehead atoms. The zero-order valence-electron chi connectivity index (χ0n) is 6.89. The molecule has 0 saturated heterocycles. The van der Waals surface area contributed by atoms with E-state index in [9.17, 15) is 9.90 Å². The minimum Gasteiger partial charge on any atom is -0.856 e. The average molecular weight is 176 g/mol. The molecule has 5 heteroatoms. The van der Waals surface area contributed by atoms with Crippen molar-refractivity contribution in [2.75, 3.05) is 0 Å². The lowest BCUT2D eigenvalue weighted by atomic mass is 10.3. The zero-order chi connectivity index (χ0) is 9.42. The highest BCUT2D eigenvalue weighted by Crippen LogP contribution is 2.11. The number of nitrogens with zero attached hydrogens (tertiary/aromatic N) is 3. The van der Waals surface area contributed by atoms with Crippen LogP contribution in [-0.2, 0) is 7.05 Å². The Morgan fingerprint density at radius 3 is 3.08 bits per heavy atom. The van der Waals surface area contributed by atoms with Crippen LogP contribution in [-0.4, -0.2) is 14.8 Å². The van der Waals surface area contributed by atoms with Crippen molar-refractivity contribution in [3.05, 3.63) is 28.7 Å². The normalized spacial score (nSPS) is 10.5. The van der Waals surface area contributed by atoms with Crippen LogP contribution in [0.2, 0.25) is 0 Å². The molecule has 2 aromatic heterocycles. The van der Waals surface area contributed by atoms with Crippen LogP contribution < -0.4 is 10.7 Å². The Bertz CT molecular complexity index is 518. The quantitative estimate of drug-likeness (QED) is 0.537. The maximum absolute atomic E-state index is 11.4. The van der Waals surface area contributed by atoms with Crippen molar-refractivity contribution in [3.63, 3.8) is 0 Å². The van der Waals surface area contributed by atoms with Crippen LogP contribution in [0.5, 0.6) is 5.88 Å². The predicted molar refractivity (Wildman–Crippen MR) is 44.2 cm³/mol. The predicted octanol–water partition coefficient (Wildman–Crippen LogP) is -0.598. The second kappa shape index (κ2) is 2.55. The van der Waals surface area contributed by atoms with E-state index in [1.165, 1.54) is 13.2 Å². The molecule has 0 aliphatic carbocycles. The van der Waals surface area contributed by atoms with Gasteiger partial charge in [0, 0.05) is 19.1 Å². The largest absolute Gasteiger partial charge is 0.856 e. The maximum Gasteiger partial charge on any atom is 0.275 e. The minimum absolute atomic E-state index is 0.130. The molecule has 0 spiro atoms. The first-order chi connectivity index (χ1) is 6.20. The highest BCUT2D eigenvalue weighted by Gasteiger charge is 2.01. The van der Waals surface area contributed by atoms with Gasteiger partial charge >= 0.3 is 0 Å². The number of aromatic nitrogens is 3. The van der Waals surface area contributed by atoms with Crippen LogP contribution in [0.3, 0.4) is 0 Å². The number of aryl methyl sites for hydroxylation is 1. The summed E-state index contributed by atoms with van der Waals surface area (Å²) < 4.78 is 1.02. The van der Waals surface area contributed by atoms with Crippen LogP contribution in [0.1, 0.15) is 0 Å². The Balaban J connectivity index is 3.06. The van der Waals surface area contributed by atoms with E-state index in [-0.39, 0.29) is 11.1 Å². The monoisotopic (exact) mass is 176 g/mol. The van der Waals surface area contributed by atoms with E-state index in [0.29, 0.717) is 5.39 Å². The van der Waals surface area contributed by atoms with Gasteiger partial charge in [0.25, 0.3) is 5.56 Å². The number of rotatable bonds is 0. The molecule has 2 aromatic rings. The van der Waals surface area contributed by atoms with E-state index in [0.717, 1.165) is 4.68 Å². The van der Waals surface area contributed by atoms with Crippen molar-refractivity contribution in [3.8, 4) is 5.88 Å². The van der Waals surface area contributed by atoms with Gasteiger partial charge in [0.05, 0.1) is 10.9 Å². The fourth-order valence-electron chi connectivity index (χ4n) is 1.15. The van der Waals surface area contributed by atoms with Crippen molar-refractivity contribution in [1.29, 1.82) is 0 Å². The van der Waals surface area contributed by atoms with E-state index in [4.69, 9.17) is 0 Å². The molecule has 0 radical (unpaired) electrons. The van der Waals surface area contributed by atoms with E-state index in [1.54, 1.807) is 12.1 Å². The standard InChI is InChI=1S/C8H7N3O2/c1-11-8(13)5-3-2-4-9-6(5)7(12)10-11/h2-4H,1H3,(H,10,12)/p-1. The van der Waals surface area contributed by atoms with Crippen LogP contribution in [0, 0.1) is 0 Å². The number of hydrogen-bond donors (Lipinski definition) is 0. The molecule has 66 valence electrons. The third kappa shape index (κ3) is 1.05. The van der Waals surface area contributed by atoms with Gasteiger partial charge in [-0.15, -0.1) is 0 Å². The van der Waals surface area contributed by atoms with E-state index < -0.39 is 5.88 Å². The van der Waals surface area contributed by atoms with Crippen LogP contribution >= 0.6 is 0 Å². The van der Waals surface area contributed by atoms with Gasteiger partial charge in [0.15, 0.2) is 0 Å². The molecule has 0 aromatic carbocycles. The molecule has 0 atom stereocenters. The van der Waals surface area contributed by atoms with Gasteiger partial charge in [-0.05, 0) is 12.1 Å². The van der Waals surface area contributed by atoms with Crippen molar-refractivity contribution in [2.45, 2.75) is 0 Å². The summed E-state index contributed by atoms with van der Waals surface area (Å²) in [5, 5.41) is 15.0. The van der Waals surface area contributed by atoms with Crippen molar-refractivity contribution in [2.24, 2.45) is 7.05 Å². The summed E-state index contributed by atoms with van der Waals surface area (Å²) in [6.45, 7) is 0. The van der Waals surface area contributed by atoms with Crippen LogP contribution in [0.4, 0.5) is 0 Å². The molecule has 2 rings (SSSR count). The van der Waals surface area contributed by atoms with Gasteiger partial charge in [0.2, 0.25) is 0 Å². The molecule has 0 fully saturated rings. The third-order valence-electron chi connectivity index (χ3n) is 1.78. The highest BCUT2D eigenvalue weighted by atomic mass is 16.3. The average Bonchev–Trinajstić information content (AvgIpc) is 2.15. The van der Waals surface area contributed by atoms with Gasteiger partial charge in [-0.25, -0.2) is 4.68 Å². The lowest BCUT2D eigenvalue weighted by Gasteiger charge is -2.08. The lowest BCUT2D eigenvalue weighted by molar-refractivity contribution is -0.274. The van der Waals surface area contributed by atoms with Crippen LogP contribution in [0.15, 0.2) is 23.1 Å². The number of pyridine rings is 1. The Morgan fingerprint density at radius 2 is 2.31 bits per heavy atom. The Morgan fingerprint density at radius 1 is 1.54 bits per heavy atom. The maximum atomic E-state index is 11.4.